The Morgan fingerprint density at radius 1 is 1.15 bits per heavy atom. The number of para-hydroxylation sites is 2. The van der Waals surface area contributed by atoms with Crippen molar-refractivity contribution >= 4 is 17.3 Å². The van der Waals surface area contributed by atoms with Crippen LogP contribution < -0.4 is 15.5 Å². The number of fused-ring (bicyclic) bond motifs is 1. The molecule has 0 bridgehead atoms. The van der Waals surface area contributed by atoms with Crippen LogP contribution in [-0.2, 0) is 24.3 Å². The molecule has 6 nitrogen and oxygen atoms in total. The maximum atomic E-state index is 12.5. The van der Waals surface area contributed by atoms with Gasteiger partial charge in [0.2, 0.25) is 5.91 Å². The minimum Gasteiger partial charge on any atom is -0.370 e. The van der Waals surface area contributed by atoms with Gasteiger partial charge >= 0.3 is 0 Å². The third-order valence-electron chi connectivity index (χ3n) is 5.18. The Hall–Kier alpha value is -2.34. The van der Waals surface area contributed by atoms with Gasteiger partial charge in [-0.1, -0.05) is 12.1 Å². The summed E-state index contributed by atoms with van der Waals surface area (Å²) in [5.74, 6) is 0.0537. The van der Waals surface area contributed by atoms with E-state index in [1.807, 2.05) is 18.2 Å². The maximum Gasteiger partial charge on any atom is 0.224 e. The zero-order valence-corrected chi connectivity index (χ0v) is 15.2. The molecule has 0 saturated carbocycles. The molecule has 6 heteroatoms. The van der Waals surface area contributed by atoms with Crippen LogP contribution in [0.1, 0.15) is 37.1 Å². The molecule has 2 N–H and O–H groups in total. The molecule has 1 amide bonds. The molecule has 4 rings (SSSR count). The van der Waals surface area contributed by atoms with E-state index < -0.39 is 0 Å². The number of hydrogen-bond donors (Lipinski definition) is 2. The Labute approximate surface area is 154 Å². The van der Waals surface area contributed by atoms with E-state index in [1.165, 1.54) is 18.5 Å². The first-order chi connectivity index (χ1) is 12.8. The van der Waals surface area contributed by atoms with Gasteiger partial charge in [0.1, 0.15) is 0 Å². The molecule has 26 heavy (non-hydrogen) atoms. The molecule has 0 atom stereocenters. The Kier molecular flexibility index (Phi) is 5.20. The molecule has 0 radical (unpaired) electrons. The molecule has 2 aliphatic rings. The first kappa shape index (κ1) is 17.1. The Bertz CT molecular complexity index is 740. The standard InChI is InChI=1S/C20H27N5O/c26-20(9-8-16-14-17-15-21-10-5-13-25(17)23-16)22-18-6-1-2-7-19(18)24-11-3-4-12-24/h1-2,6-7,14,21H,3-5,8-13,15H2,(H,22,26). The third-order valence-corrected chi connectivity index (χ3v) is 5.18. The highest BCUT2D eigenvalue weighted by atomic mass is 16.1. The Morgan fingerprint density at radius 2 is 2.00 bits per heavy atom. The van der Waals surface area contributed by atoms with E-state index in [0.717, 1.165) is 56.2 Å². The first-order valence-electron chi connectivity index (χ1n) is 9.70. The van der Waals surface area contributed by atoms with Gasteiger partial charge in [-0.15, -0.1) is 0 Å². The van der Waals surface area contributed by atoms with Gasteiger partial charge in [0.15, 0.2) is 0 Å². The van der Waals surface area contributed by atoms with Gasteiger partial charge in [-0.2, -0.15) is 5.10 Å². The van der Waals surface area contributed by atoms with Crippen LogP contribution in [0.3, 0.4) is 0 Å². The smallest absolute Gasteiger partial charge is 0.224 e. The molecule has 1 saturated heterocycles. The van der Waals surface area contributed by atoms with Crippen molar-refractivity contribution in [2.24, 2.45) is 0 Å². The number of hydrogen-bond acceptors (Lipinski definition) is 4. The number of amides is 1. The highest BCUT2D eigenvalue weighted by Gasteiger charge is 2.17. The molecule has 1 fully saturated rings. The van der Waals surface area contributed by atoms with Crippen LogP contribution in [-0.4, -0.2) is 35.3 Å². The lowest BCUT2D eigenvalue weighted by atomic mass is 10.2. The van der Waals surface area contributed by atoms with Crippen molar-refractivity contribution in [2.45, 2.75) is 45.2 Å². The van der Waals surface area contributed by atoms with Crippen LogP contribution in [0, 0.1) is 0 Å². The molecule has 0 unspecified atom stereocenters. The van der Waals surface area contributed by atoms with E-state index in [-0.39, 0.29) is 5.91 Å². The highest BCUT2D eigenvalue weighted by molar-refractivity contribution is 5.94. The summed E-state index contributed by atoms with van der Waals surface area (Å²) in [6, 6.07) is 10.2. The maximum absolute atomic E-state index is 12.5. The van der Waals surface area contributed by atoms with E-state index in [2.05, 4.69) is 37.4 Å². The third kappa shape index (κ3) is 3.90. The first-order valence-corrected chi connectivity index (χ1v) is 9.70. The van der Waals surface area contributed by atoms with Gasteiger partial charge in [-0.25, -0.2) is 0 Å². The minimum atomic E-state index is 0.0537. The summed E-state index contributed by atoms with van der Waals surface area (Å²) in [7, 11) is 0. The largest absolute Gasteiger partial charge is 0.370 e. The summed E-state index contributed by atoms with van der Waals surface area (Å²) < 4.78 is 2.08. The van der Waals surface area contributed by atoms with E-state index in [9.17, 15) is 4.79 Å². The molecule has 1 aromatic carbocycles. The number of rotatable bonds is 5. The molecule has 1 aromatic heterocycles. The molecule has 3 heterocycles. The van der Waals surface area contributed by atoms with Crippen molar-refractivity contribution in [2.75, 3.05) is 29.9 Å². The number of aromatic nitrogens is 2. The number of nitrogens with one attached hydrogen (secondary N) is 2. The van der Waals surface area contributed by atoms with Crippen molar-refractivity contribution in [1.29, 1.82) is 0 Å². The molecule has 0 aliphatic carbocycles. The summed E-state index contributed by atoms with van der Waals surface area (Å²) >= 11 is 0. The zero-order valence-electron chi connectivity index (χ0n) is 15.2. The van der Waals surface area contributed by atoms with E-state index in [0.29, 0.717) is 12.8 Å². The Morgan fingerprint density at radius 3 is 2.88 bits per heavy atom. The van der Waals surface area contributed by atoms with Crippen LogP contribution in [0.25, 0.3) is 0 Å². The Balaban J connectivity index is 1.36. The number of carbonyl (C=O) groups excluding carboxylic acids is 1. The number of anilines is 2. The molecular formula is C20H27N5O. The number of carbonyl (C=O) groups is 1. The zero-order chi connectivity index (χ0) is 17.8. The average Bonchev–Trinajstić information content (AvgIpc) is 3.26. The lowest BCUT2D eigenvalue weighted by Gasteiger charge is -2.21. The summed E-state index contributed by atoms with van der Waals surface area (Å²) in [6.07, 6.45) is 4.68. The van der Waals surface area contributed by atoms with E-state index in [1.54, 1.807) is 0 Å². The number of nitrogens with zero attached hydrogens (tertiary/aromatic N) is 3. The molecule has 138 valence electrons. The van der Waals surface area contributed by atoms with Gasteiger partial charge in [-0.05, 0) is 44.0 Å². The lowest BCUT2D eigenvalue weighted by Crippen LogP contribution is -2.21. The lowest BCUT2D eigenvalue weighted by molar-refractivity contribution is -0.116. The van der Waals surface area contributed by atoms with Crippen molar-refractivity contribution < 1.29 is 4.79 Å². The van der Waals surface area contributed by atoms with Crippen molar-refractivity contribution in [3.05, 3.63) is 41.7 Å². The van der Waals surface area contributed by atoms with E-state index in [4.69, 9.17) is 0 Å². The second-order valence-electron chi connectivity index (χ2n) is 7.14. The van der Waals surface area contributed by atoms with Crippen molar-refractivity contribution in [3.8, 4) is 0 Å². The van der Waals surface area contributed by atoms with E-state index >= 15 is 0 Å². The summed E-state index contributed by atoms with van der Waals surface area (Å²) in [6.45, 7) is 5.00. The molecule has 2 aromatic rings. The fourth-order valence-electron chi connectivity index (χ4n) is 3.81. The average molecular weight is 353 g/mol. The van der Waals surface area contributed by atoms with Crippen LogP contribution in [0.2, 0.25) is 0 Å². The van der Waals surface area contributed by atoms with Gasteiger partial charge in [0.05, 0.1) is 22.8 Å². The van der Waals surface area contributed by atoms with Gasteiger partial charge in [-0.3, -0.25) is 9.48 Å². The molecule has 2 aliphatic heterocycles. The molecule has 0 spiro atoms. The quantitative estimate of drug-likeness (QED) is 0.867. The normalized spacial score (nSPS) is 17.0. The summed E-state index contributed by atoms with van der Waals surface area (Å²) in [5, 5.41) is 11.2. The minimum absolute atomic E-state index is 0.0537. The van der Waals surface area contributed by atoms with Crippen molar-refractivity contribution in [3.63, 3.8) is 0 Å². The van der Waals surface area contributed by atoms with Crippen LogP contribution in [0.15, 0.2) is 30.3 Å². The van der Waals surface area contributed by atoms with Gasteiger partial charge in [0.25, 0.3) is 0 Å². The predicted molar refractivity (Wildman–Crippen MR) is 103 cm³/mol. The van der Waals surface area contributed by atoms with Crippen molar-refractivity contribution in [1.82, 2.24) is 15.1 Å². The monoisotopic (exact) mass is 353 g/mol. The summed E-state index contributed by atoms with van der Waals surface area (Å²) in [4.78, 5) is 14.8. The fraction of sp³-hybridized carbons (Fsp3) is 0.500. The SMILES string of the molecule is O=C(CCc1cc2n(n1)CCCNC2)Nc1ccccc1N1CCCC1. The van der Waals surface area contributed by atoms with Gasteiger partial charge in [0, 0.05) is 39.0 Å². The molecular weight excluding hydrogens is 326 g/mol. The number of aryl methyl sites for hydroxylation is 2. The highest BCUT2D eigenvalue weighted by Crippen LogP contribution is 2.28. The predicted octanol–water partition coefficient (Wildman–Crippen LogP) is 2.55. The number of benzene rings is 1. The van der Waals surface area contributed by atoms with Gasteiger partial charge < -0.3 is 15.5 Å². The second-order valence-corrected chi connectivity index (χ2v) is 7.14. The van der Waals surface area contributed by atoms with Crippen LogP contribution >= 0.6 is 0 Å². The summed E-state index contributed by atoms with van der Waals surface area (Å²) in [5.41, 5.74) is 4.28. The van der Waals surface area contributed by atoms with Crippen LogP contribution in [0.5, 0.6) is 0 Å². The second kappa shape index (κ2) is 7.91. The fourth-order valence-corrected chi connectivity index (χ4v) is 3.81. The topological polar surface area (TPSA) is 62.2 Å². The van der Waals surface area contributed by atoms with Crippen LogP contribution in [0.4, 0.5) is 11.4 Å².